The van der Waals surface area contributed by atoms with Crippen LogP contribution >= 0.6 is 11.6 Å². The van der Waals surface area contributed by atoms with Gasteiger partial charge in [0.15, 0.2) is 5.58 Å². The Morgan fingerprint density at radius 2 is 2.03 bits per heavy atom. The van der Waals surface area contributed by atoms with Crippen LogP contribution in [-0.4, -0.2) is 57.5 Å². The molecular formula is C27H28ClN3O6. The molecule has 3 heterocycles. The second kappa shape index (κ2) is 10.4. The van der Waals surface area contributed by atoms with Gasteiger partial charge in [0.2, 0.25) is 11.8 Å². The first-order chi connectivity index (χ1) is 17.8. The maximum absolute atomic E-state index is 13.5. The van der Waals surface area contributed by atoms with Crippen LogP contribution in [0, 0.1) is 5.92 Å². The third-order valence-electron chi connectivity index (χ3n) is 7.14. The van der Waals surface area contributed by atoms with E-state index in [4.69, 9.17) is 20.9 Å². The van der Waals surface area contributed by atoms with Crippen LogP contribution in [0.5, 0.6) is 5.75 Å². The average Bonchev–Trinajstić information content (AvgIpc) is 3.48. The molecule has 37 heavy (non-hydrogen) atoms. The first-order valence-electron chi connectivity index (χ1n) is 12.4. The lowest BCUT2D eigenvalue weighted by Crippen LogP contribution is -2.47. The standard InChI is InChI=1S/C27H28ClN3O6/c1-16(13-25(33)34)27(35)31-12-10-17-19(28)8-9-23(26(17)21(31)14-30-11-4-7-24(30)32)36-15-20-18-5-2-3-6-22(18)37-29-20/h2-3,5-6,8-9,16,21H,4,7,10-15H2,1H3,(H,33,34)/t16?,21-/m1/s1. The smallest absolute Gasteiger partial charge is 0.304 e. The number of nitrogens with zero attached hydrogens (tertiary/aromatic N) is 3. The Balaban J connectivity index is 1.50. The summed E-state index contributed by atoms with van der Waals surface area (Å²) in [5.74, 6) is -1.42. The Kier molecular flexibility index (Phi) is 7.06. The molecule has 10 heteroatoms. The van der Waals surface area contributed by atoms with E-state index in [1.807, 2.05) is 24.3 Å². The van der Waals surface area contributed by atoms with Crippen molar-refractivity contribution >= 4 is 40.4 Å². The highest BCUT2D eigenvalue weighted by Gasteiger charge is 2.39. The summed E-state index contributed by atoms with van der Waals surface area (Å²) < 4.78 is 11.7. The topological polar surface area (TPSA) is 113 Å². The number of halogens is 1. The molecule has 2 atom stereocenters. The van der Waals surface area contributed by atoms with Crippen molar-refractivity contribution in [1.29, 1.82) is 0 Å². The van der Waals surface area contributed by atoms with Crippen LogP contribution in [0.3, 0.4) is 0 Å². The predicted octanol–water partition coefficient (Wildman–Crippen LogP) is 4.22. The minimum absolute atomic E-state index is 0.0386. The Labute approximate surface area is 218 Å². The molecule has 1 saturated heterocycles. The van der Waals surface area contributed by atoms with Crippen molar-refractivity contribution in [3.8, 4) is 5.75 Å². The fourth-order valence-corrected chi connectivity index (χ4v) is 5.55. The fraction of sp³-hybridized carbons (Fsp3) is 0.407. The van der Waals surface area contributed by atoms with Crippen molar-refractivity contribution in [1.82, 2.24) is 15.0 Å². The van der Waals surface area contributed by atoms with Crippen LogP contribution < -0.4 is 4.74 Å². The zero-order chi connectivity index (χ0) is 26.1. The number of benzene rings is 2. The molecule has 3 aromatic rings. The van der Waals surface area contributed by atoms with Gasteiger partial charge in [0.05, 0.1) is 12.5 Å². The Morgan fingerprint density at radius 1 is 1.22 bits per heavy atom. The molecule has 194 valence electrons. The van der Waals surface area contributed by atoms with Gasteiger partial charge in [-0.05, 0) is 42.7 Å². The summed E-state index contributed by atoms with van der Waals surface area (Å²) in [6.45, 7) is 3.04. The zero-order valence-electron chi connectivity index (χ0n) is 20.5. The molecule has 2 aliphatic rings. The highest BCUT2D eigenvalue weighted by atomic mass is 35.5. The van der Waals surface area contributed by atoms with Gasteiger partial charge in [-0.2, -0.15) is 0 Å². The van der Waals surface area contributed by atoms with Gasteiger partial charge in [-0.25, -0.2) is 0 Å². The maximum atomic E-state index is 13.5. The van der Waals surface area contributed by atoms with E-state index in [1.165, 1.54) is 0 Å². The molecule has 0 saturated carbocycles. The van der Waals surface area contributed by atoms with E-state index in [9.17, 15) is 19.5 Å². The molecule has 2 amide bonds. The molecule has 1 unspecified atom stereocenters. The normalized spacial score (nSPS) is 18.2. The van der Waals surface area contributed by atoms with Crippen molar-refractivity contribution < 1.29 is 28.8 Å². The van der Waals surface area contributed by atoms with Gasteiger partial charge in [0.25, 0.3) is 0 Å². The number of hydrogen-bond donors (Lipinski definition) is 1. The quantitative estimate of drug-likeness (QED) is 0.468. The second-order valence-corrected chi connectivity index (χ2v) is 10.00. The first-order valence-corrected chi connectivity index (χ1v) is 12.8. The molecule has 2 aliphatic heterocycles. The fourth-order valence-electron chi connectivity index (χ4n) is 5.29. The molecule has 2 aromatic carbocycles. The molecular weight excluding hydrogens is 498 g/mol. The second-order valence-electron chi connectivity index (χ2n) is 9.59. The number of fused-ring (bicyclic) bond motifs is 2. The van der Waals surface area contributed by atoms with Crippen molar-refractivity contribution in [2.45, 2.75) is 45.3 Å². The van der Waals surface area contributed by atoms with E-state index >= 15 is 0 Å². The van der Waals surface area contributed by atoms with Crippen molar-refractivity contribution in [2.75, 3.05) is 19.6 Å². The third-order valence-corrected chi connectivity index (χ3v) is 7.49. The Morgan fingerprint density at radius 3 is 2.78 bits per heavy atom. The minimum atomic E-state index is -1.03. The van der Waals surface area contributed by atoms with E-state index in [-0.39, 0.29) is 24.8 Å². The average molecular weight is 526 g/mol. The predicted molar refractivity (Wildman–Crippen MR) is 135 cm³/mol. The summed E-state index contributed by atoms with van der Waals surface area (Å²) in [6, 6.07) is 10.6. The van der Waals surface area contributed by atoms with Crippen LogP contribution in [0.15, 0.2) is 40.9 Å². The Hall–Kier alpha value is -3.59. The molecule has 1 aromatic heterocycles. The summed E-state index contributed by atoms with van der Waals surface area (Å²) >= 11 is 6.62. The lowest BCUT2D eigenvalue weighted by atomic mass is 9.89. The summed E-state index contributed by atoms with van der Waals surface area (Å²) in [6.07, 6.45) is 1.46. The third kappa shape index (κ3) is 5.00. The number of carbonyl (C=O) groups excluding carboxylic acids is 2. The van der Waals surface area contributed by atoms with Gasteiger partial charge >= 0.3 is 5.97 Å². The highest BCUT2D eigenvalue weighted by Crippen LogP contribution is 2.42. The number of hydrogen-bond acceptors (Lipinski definition) is 6. The minimum Gasteiger partial charge on any atom is -0.487 e. The monoisotopic (exact) mass is 525 g/mol. The number of likely N-dealkylation sites (tertiary alicyclic amines) is 1. The number of rotatable bonds is 8. The van der Waals surface area contributed by atoms with Gasteiger partial charge in [-0.3, -0.25) is 14.4 Å². The van der Waals surface area contributed by atoms with Crippen LogP contribution in [0.25, 0.3) is 11.0 Å². The molecule has 0 spiro atoms. The van der Waals surface area contributed by atoms with Crippen molar-refractivity contribution in [2.24, 2.45) is 5.92 Å². The zero-order valence-corrected chi connectivity index (χ0v) is 21.2. The van der Waals surface area contributed by atoms with E-state index in [0.717, 1.165) is 22.9 Å². The number of amides is 2. The molecule has 0 bridgehead atoms. The molecule has 1 N–H and O–H groups in total. The number of carboxylic acid groups (broad SMARTS) is 1. The van der Waals surface area contributed by atoms with E-state index in [1.54, 1.807) is 28.9 Å². The lowest BCUT2D eigenvalue weighted by Gasteiger charge is -2.41. The number of para-hydroxylation sites is 1. The number of carbonyl (C=O) groups is 3. The van der Waals surface area contributed by atoms with Crippen LogP contribution in [0.1, 0.15) is 49.0 Å². The van der Waals surface area contributed by atoms with Gasteiger partial charge in [0, 0.05) is 47.9 Å². The largest absolute Gasteiger partial charge is 0.487 e. The molecule has 9 nitrogen and oxygen atoms in total. The molecule has 0 aliphatic carbocycles. The SMILES string of the molecule is CC(CC(=O)O)C(=O)N1CCc2c(Cl)ccc(OCc3noc4ccccc34)c2[C@H]1CN1CCCC1=O. The van der Waals surface area contributed by atoms with Crippen molar-refractivity contribution in [3.05, 3.63) is 58.2 Å². The molecule has 1 fully saturated rings. The summed E-state index contributed by atoms with van der Waals surface area (Å²) in [5.41, 5.74) is 2.93. The van der Waals surface area contributed by atoms with Gasteiger partial charge in [-0.1, -0.05) is 35.8 Å². The lowest BCUT2D eigenvalue weighted by molar-refractivity contribution is -0.146. The van der Waals surface area contributed by atoms with Crippen LogP contribution in [0.4, 0.5) is 0 Å². The van der Waals surface area contributed by atoms with E-state index in [2.05, 4.69) is 5.16 Å². The first kappa shape index (κ1) is 25.1. The summed E-state index contributed by atoms with van der Waals surface area (Å²) in [4.78, 5) is 40.8. The van der Waals surface area contributed by atoms with E-state index in [0.29, 0.717) is 54.5 Å². The number of aliphatic carboxylic acids is 1. The Bertz CT molecular complexity index is 1360. The van der Waals surface area contributed by atoms with E-state index < -0.39 is 17.9 Å². The van der Waals surface area contributed by atoms with Crippen molar-refractivity contribution in [3.63, 3.8) is 0 Å². The maximum Gasteiger partial charge on any atom is 0.304 e. The van der Waals surface area contributed by atoms with Gasteiger partial charge < -0.3 is 24.2 Å². The molecule has 5 rings (SSSR count). The van der Waals surface area contributed by atoms with Crippen LogP contribution in [0.2, 0.25) is 5.02 Å². The van der Waals surface area contributed by atoms with Crippen LogP contribution in [-0.2, 0) is 27.4 Å². The summed E-state index contributed by atoms with van der Waals surface area (Å²) in [7, 11) is 0. The highest BCUT2D eigenvalue weighted by molar-refractivity contribution is 6.31. The van der Waals surface area contributed by atoms with Gasteiger partial charge in [0.1, 0.15) is 18.1 Å². The molecule has 0 radical (unpaired) electrons. The van der Waals surface area contributed by atoms with Gasteiger partial charge in [-0.15, -0.1) is 0 Å². The number of carboxylic acids is 1. The summed E-state index contributed by atoms with van der Waals surface area (Å²) in [5, 5.41) is 14.8. The number of aromatic nitrogens is 1. The number of ether oxygens (including phenoxy) is 1.